The smallest absolute Gasteiger partial charge is 0.274 e. The molecule has 0 bridgehead atoms. The summed E-state index contributed by atoms with van der Waals surface area (Å²) < 4.78 is 26.3. The largest absolute Gasteiger partial charge is 0.382 e. The van der Waals surface area contributed by atoms with Crippen molar-refractivity contribution in [3.63, 3.8) is 0 Å². The Morgan fingerprint density at radius 2 is 1.78 bits per heavy atom. The molecule has 0 fully saturated rings. The zero-order chi connectivity index (χ0) is 29.3. The number of carbonyl (C=O) groups excluding carboxylic acids is 1. The van der Waals surface area contributed by atoms with Gasteiger partial charge in [-0.25, -0.2) is 18.4 Å². The lowest BCUT2D eigenvalue weighted by Crippen LogP contribution is -2.33. The van der Waals surface area contributed by atoms with Crippen LogP contribution in [0.5, 0.6) is 0 Å². The second kappa shape index (κ2) is 11.1. The average molecular weight is 588 g/mol. The Morgan fingerprint density at radius 1 is 1.05 bits per heavy atom. The molecule has 2 aromatic heterocycles. The van der Waals surface area contributed by atoms with Crippen LogP contribution in [0.1, 0.15) is 36.1 Å². The van der Waals surface area contributed by atoms with Gasteiger partial charge < -0.3 is 11.1 Å². The Kier molecular flexibility index (Phi) is 7.61. The maximum absolute atomic E-state index is 13.7. The number of amides is 1. The van der Waals surface area contributed by atoms with Crippen molar-refractivity contribution in [3.05, 3.63) is 112 Å². The third-order valence-electron chi connectivity index (χ3n) is 6.71. The highest BCUT2D eigenvalue weighted by atomic mass is 35.5. The van der Waals surface area contributed by atoms with Gasteiger partial charge in [0.15, 0.2) is 21.3 Å². The molecule has 1 amide bonds. The van der Waals surface area contributed by atoms with Crippen molar-refractivity contribution < 1.29 is 13.2 Å². The van der Waals surface area contributed by atoms with Crippen LogP contribution < -0.4 is 16.6 Å². The van der Waals surface area contributed by atoms with E-state index in [1.54, 1.807) is 56.3 Å². The van der Waals surface area contributed by atoms with Crippen LogP contribution in [0.3, 0.4) is 0 Å². The molecule has 0 spiro atoms. The fourth-order valence-corrected chi connectivity index (χ4v) is 5.75. The van der Waals surface area contributed by atoms with E-state index in [4.69, 9.17) is 17.3 Å². The van der Waals surface area contributed by atoms with E-state index >= 15 is 0 Å². The van der Waals surface area contributed by atoms with Gasteiger partial charge in [0, 0.05) is 16.9 Å². The summed E-state index contributed by atoms with van der Waals surface area (Å²) in [6.45, 7) is 3.31. The molecule has 0 aliphatic rings. The zero-order valence-electron chi connectivity index (χ0n) is 22.2. The standard InChI is InChI=1S/C30H26ClN5O4S/c1-3-41(39,40)22-13-7-9-19(15-22)24-17-33-28(32)27(35-24)29(37)34-18(2)25-16-20-10-8-14-23(31)26(20)30(38)36(25)21-11-5-4-6-12-21/h4-18H,3H2,1-2H3,(H2,32,33)(H,34,37)/t18-/m0/s1. The van der Waals surface area contributed by atoms with E-state index in [1.165, 1.54) is 22.9 Å². The molecule has 11 heteroatoms. The van der Waals surface area contributed by atoms with E-state index in [9.17, 15) is 18.0 Å². The summed E-state index contributed by atoms with van der Waals surface area (Å²) in [6, 6.07) is 21.7. The first-order valence-corrected chi connectivity index (χ1v) is 14.8. The average Bonchev–Trinajstić information content (AvgIpc) is 2.97. The minimum absolute atomic E-state index is 0.0511. The van der Waals surface area contributed by atoms with Crippen molar-refractivity contribution in [2.75, 3.05) is 11.5 Å². The minimum Gasteiger partial charge on any atom is -0.382 e. The molecule has 0 aliphatic heterocycles. The molecule has 2 heterocycles. The van der Waals surface area contributed by atoms with E-state index in [-0.39, 0.29) is 33.4 Å². The lowest BCUT2D eigenvalue weighted by molar-refractivity contribution is 0.0934. The molecule has 9 nitrogen and oxygen atoms in total. The molecule has 0 aliphatic carbocycles. The fourth-order valence-electron chi connectivity index (χ4n) is 4.56. The lowest BCUT2D eigenvalue weighted by atomic mass is 10.1. The molecule has 208 valence electrons. The first kappa shape index (κ1) is 28.0. The maximum Gasteiger partial charge on any atom is 0.274 e. The first-order chi connectivity index (χ1) is 19.6. The maximum atomic E-state index is 13.7. The molecular formula is C30H26ClN5O4S. The van der Waals surface area contributed by atoms with Crippen molar-refractivity contribution in [3.8, 4) is 16.9 Å². The first-order valence-electron chi connectivity index (χ1n) is 12.8. The van der Waals surface area contributed by atoms with Crippen LogP contribution in [0, 0.1) is 0 Å². The number of rotatable bonds is 7. The summed E-state index contributed by atoms with van der Waals surface area (Å²) in [5.41, 5.74) is 7.47. The summed E-state index contributed by atoms with van der Waals surface area (Å²) >= 11 is 6.40. The molecule has 5 rings (SSSR count). The molecule has 0 radical (unpaired) electrons. The summed E-state index contributed by atoms with van der Waals surface area (Å²) in [4.78, 5) is 35.8. The second-order valence-corrected chi connectivity index (χ2v) is 12.1. The van der Waals surface area contributed by atoms with Crippen LogP contribution in [0.2, 0.25) is 5.02 Å². The number of pyridine rings is 1. The van der Waals surface area contributed by atoms with Crippen molar-refractivity contribution in [1.82, 2.24) is 19.9 Å². The van der Waals surface area contributed by atoms with Crippen molar-refractivity contribution >= 4 is 43.9 Å². The molecule has 5 aromatic rings. The number of benzene rings is 3. The van der Waals surface area contributed by atoms with Gasteiger partial charge in [-0.15, -0.1) is 0 Å². The number of halogens is 1. The minimum atomic E-state index is -3.45. The Bertz CT molecular complexity index is 1960. The number of sulfone groups is 1. The quantitative estimate of drug-likeness (QED) is 0.274. The van der Waals surface area contributed by atoms with Gasteiger partial charge in [0.25, 0.3) is 11.5 Å². The number of aromatic nitrogens is 3. The number of nitrogens with zero attached hydrogens (tertiary/aromatic N) is 3. The van der Waals surface area contributed by atoms with E-state index in [0.29, 0.717) is 32.7 Å². The molecule has 1 atom stereocenters. The van der Waals surface area contributed by atoms with E-state index in [1.807, 2.05) is 24.3 Å². The van der Waals surface area contributed by atoms with Crippen LogP contribution in [-0.4, -0.2) is 34.6 Å². The summed E-state index contributed by atoms with van der Waals surface area (Å²) in [5, 5.41) is 4.22. The number of para-hydroxylation sites is 1. The predicted molar refractivity (Wildman–Crippen MR) is 160 cm³/mol. The molecule has 0 unspecified atom stereocenters. The van der Waals surface area contributed by atoms with Crippen LogP contribution in [0.25, 0.3) is 27.7 Å². The van der Waals surface area contributed by atoms with Crippen molar-refractivity contribution in [2.24, 2.45) is 0 Å². The monoisotopic (exact) mass is 587 g/mol. The topological polar surface area (TPSA) is 137 Å². The molecule has 3 aromatic carbocycles. The fraction of sp³-hybridized carbons (Fsp3) is 0.133. The van der Waals surface area contributed by atoms with Gasteiger partial charge in [0.2, 0.25) is 0 Å². The summed E-state index contributed by atoms with van der Waals surface area (Å²) in [5.74, 6) is -0.758. The van der Waals surface area contributed by atoms with Crippen molar-refractivity contribution in [2.45, 2.75) is 24.8 Å². The molecule has 41 heavy (non-hydrogen) atoms. The Labute approximate surface area is 241 Å². The highest BCUT2D eigenvalue weighted by molar-refractivity contribution is 7.91. The van der Waals surface area contributed by atoms with E-state index < -0.39 is 21.8 Å². The van der Waals surface area contributed by atoms with Crippen LogP contribution in [-0.2, 0) is 9.84 Å². The van der Waals surface area contributed by atoms with E-state index in [2.05, 4.69) is 15.3 Å². The third-order valence-corrected chi connectivity index (χ3v) is 8.76. The van der Waals surface area contributed by atoms with Gasteiger partial charge in [-0.3, -0.25) is 14.2 Å². The SMILES string of the molecule is CCS(=O)(=O)c1cccc(-c2cnc(N)c(C(=O)N[C@@H](C)c3cc4cccc(Cl)c4c(=O)n3-c3ccccc3)n2)c1. The van der Waals surface area contributed by atoms with Crippen LogP contribution in [0.15, 0.2) is 94.7 Å². The number of nitrogens with two attached hydrogens (primary N) is 1. The van der Waals surface area contributed by atoms with Gasteiger partial charge in [-0.05, 0) is 48.7 Å². The summed E-state index contributed by atoms with van der Waals surface area (Å²) in [6.07, 6.45) is 1.38. The van der Waals surface area contributed by atoms with Gasteiger partial charge in [-0.2, -0.15) is 0 Å². The Balaban J connectivity index is 1.54. The van der Waals surface area contributed by atoms with Gasteiger partial charge >= 0.3 is 0 Å². The molecular weight excluding hydrogens is 562 g/mol. The summed E-state index contributed by atoms with van der Waals surface area (Å²) in [7, 11) is -3.45. The molecule has 0 saturated carbocycles. The number of hydrogen-bond donors (Lipinski definition) is 2. The highest BCUT2D eigenvalue weighted by Gasteiger charge is 2.22. The van der Waals surface area contributed by atoms with E-state index in [0.717, 1.165) is 0 Å². The highest BCUT2D eigenvalue weighted by Crippen LogP contribution is 2.27. The number of nitrogen functional groups attached to an aromatic ring is 1. The number of nitrogens with one attached hydrogen (secondary N) is 1. The molecule has 3 N–H and O–H groups in total. The van der Waals surface area contributed by atoms with Crippen molar-refractivity contribution in [1.29, 1.82) is 0 Å². The third kappa shape index (κ3) is 5.44. The Morgan fingerprint density at radius 3 is 2.51 bits per heavy atom. The lowest BCUT2D eigenvalue weighted by Gasteiger charge is -2.21. The number of fused-ring (bicyclic) bond motifs is 1. The zero-order valence-corrected chi connectivity index (χ0v) is 23.8. The normalized spacial score (nSPS) is 12.3. The molecule has 0 saturated heterocycles. The Hall–Kier alpha value is -4.54. The number of hydrogen-bond acceptors (Lipinski definition) is 7. The van der Waals surface area contributed by atoms with Crippen LogP contribution >= 0.6 is 11.6 Å². The second-order valence-electron chi connectivity index (χ2n) is 9.36. The number of carbonyl (C=O) groups is 1. The van der Waals surface area contributed by atoms with Gasteiger partial charge in [0.05, 0.1) is 39.0 Å². The number of anilines is 1. The predicted octanol–water partition coefficient (Wildman–Crippen LogP) is 4.97. The van der Waals surface area contributed by atoms with Crippen LogP contribution in [0.4, 0.5) is 5.82 Å². The van der Waals surface area contributed by atoms with Gasteiger partial charge in [0.1, 0.15) is 0 Å². The van der Waals surface area contributed by atoms with Gasteiger partial charge in [-0.1, -0.05) is 61.0 Å².